The van der Waals surface area contributed by atoms with Crippen LogP contribution in [0.4, 0.5) is 5.69 Å². The summed E-state index contributed by atoms with van der Waals surface area (Å²) in [5.74, 6) is 0.111. The Morgan fingerprint density at radius 2 is 2.05 bits per heavy atom. The van der Waals surface area contributed by atoms with Gasteiger partial charge in [0.1, 0.15) is 0 Å². The largest absolute Gasteiger partial charge is 0.354 e. The Hall–Kier alpha value is -1.27. The molecule has 0 aromatic heterocycles. The highest BCUT2D eigenvalue weighted by Gasteiger charge is 2.29. The van der Waals surface area contributed by atoms with Gasteiger partial charge in [0.25, 0.3) is 0 Å². The standard InChI is InChI=1S/C13H17ClN2O3S/c1-20(18,19)16(12-5-3-2-4-11(12)14)9-8-15-13(17)10-6-7-10/h2-5,10H,6-9H2,1H3,(H,15,17). The van der Waals surface area contributed by atoms with Crippen LogP contribution in [0.1, 0.15) is 12.8 Å². The first-order valence-corrected chi connectivity index (χ1v) is 8.62. The second-order valence-corrected chi connectivity index (χ2v) is 7.17. The molecule has 1 amide bonds. The number of hydrogen-bond donors (Lipinski definition) is 1. The van der Waals surface area contributed by atoms with Crippen molar-refractivity contribution in [3.63, 3.8) is 0 Å². The van der Waals surface area contributed by atoms with Gasteiger partial charge in [0.15, 0.2) is 0 Å². The molecule has 0 unspecified atom stereocenters. The molecule has 1 aromatic carbocycles. The summed E-state index contributed by atoms with van der Waals surface area (Å²) < 4.78 is 24.9. The minimum absolute atomic E-state index is 0.00221. The fourth-order valence-electron chi connectivity index (χ4n) is 1.89. The van der Waals surface area contributed by atoms with Crippen molar-refractivity contribution in [1.82, 2.24) is 5.32 Å². The molecular formula is C13H17ClN2O3S. The van der Waals surface area contributed by atoms with E-state index in [1.807, 2.05) is 0 Å². The molecule has 1 aliphatic rings. The molecule has 1 aromatic rings. The summed E-state index contributed by atoms with van der Waals surface area (Å²) in [7, 11) is -3.45. The van der Waals surface area contributed by atoms with Gasteiger partial charge in [-0.1, -0.05) is 23.7 Å². The van der Waals surface area contributed by atoms with Gasteiger partial charge in [0, 0.05) is 12.5 Å². The molecule has 0 spiro atoms. The SMILES string of the molecule is CS(=O)(=O)N(CCNC(=O)C1CC1)c1ccccc1Cl. The smallest absolute Gasteiger partial charge is 0.232 e. The van der Waals surface area contributed by atoms with E-state index in [4.69, 9.17) is 11.6 Å². The second-order valence-electron chi connectivity index (χ2n) is 4.85. The van der Waals surface area contributed by atoms with Crippen molar-refractivity contribution < 1.29 is 13.2 Å². The lowest BCUT2D eigenvalue weighted by atomic mass is 10.3. The molecule has 1 fully saturated rings. The predicted molar refractivity (Wildman–Crippen MR) is 79.4 cm³/mol. The van der Waals surface area contributed by atoms with E-state index in [2.05, 4.69) is 5.32 Å². The summed E-state index contributed by atoms with van der Waals surface area (Å²) in [5.41, 5.74) is 0.428. The Labute approximate surface area is 124 Å². The van der Waals surface area contributed by atoms with E-state index >= 15 is 0 Å². The van der Waals surface area contributed by atoms with Crippen LogP contribution < -0.4 is 9.62 Å². The fourth-order valence-corrected chi connectivity index (χ4v) is 3.12. The van der Waals surface area contributed by atoms with Gasteiger partial charge >= 0.3 is 0 Å². The van der Waals surface area contributed by atoms with Crippen LogP contribution in [-0.4, -0.2) is 33.7 Å². The quantitative estimate of drug-likeness (QED) is 0.867. The van der Waals surface area contributed by atoms with Gasteiger partial charge in [-0.15, -0.1) is 0 Å². The molecule has 0 bridgehead atoms. The number of carbonyl (C=O) groups excluding carboxylic acids is 1. The van der Waals surface area contributed by atoms with Crippen molar-refractivity contribution in [3.05, 3.63) is 29.3 Å². The molecule has 1 saturated carbocycles. The van der Waals surface area contributed by atoms with Crippen LogP contribution in [0.3, 0.4) is 0 Å². The third kappa shape index (κ3) is 3.86. The van der Waals surface area contributed by atoms with Crippen LogP contribution >= 0.6 is 11.6 Å². The molecule has 0 atom stereocenters. The average Bonchev–Trinajstić information content (AvgIpc) is 3.18. The normalized spacial score (nSPS) is 14.9. The first-order valence-electron chi connectivity index (χ1n) is 6.39. The van der Waals surface area contributed by atoms with Crippen LogP contribution in [0.5, 0.6) is 0 Å². The Balaban J connectivity index is 2.05. The van der Waals surface area contributed by atoms with Crippen LogP contribution in [-0.2, 0) is 14.8 Å². The molecule has 7 heteroatoms. The van der Waals surface area contributed by atoms with E-state index in [1.54, 1.807) is 24.3 Å². The summed E-state index contributed by atoms with van der Waals surface area (Å²) in [6, 6.07) is 6.74. The molecule has 5 nitrogen and oxygen atoms in total. The number of hydrogen-bond acceptors (Lipinski definition) is 3. The molecule has 0 saturated heterocycles. The number of nitrogens with one attached hydrogen (secondary N) is 1. The Morgan fingerprint density at radius 3 is 2.60 bits per heavy atom. The molecule has 1 aliphatic carbocycles. The summed E-state index contributed by atoms with van der Waals surface area (Å²) in [5, 5.41) is 3.12. The predicted octanol–water partition coefficient (Wildman–Crippen LogP) is 1.63. The van der Waals surface area contributed by atoms with Gasteiger partial charge < -0.3 is 5.32 Å². The van der Waals surface area contributed by atoms with Crippen molar-refractivity contribution in [2.75, 3.05) is 23.7 Å². The van der Waals surface area contributed by atoms with E-state index in [0.717, 1.165) is 19.1 Å². The van der Waals surface area contributed by atoms with Gasteiger partial charge in [0.2, 0.25) is 15.9 Å². The zero-order chi connectivity index (χ0) is 14.8. The molecule has 20 heavy (non-hydrogen) atoms. The number of anilines is 1. The average molecular weight is 317 g/mol. The molecular weight excluding hydrogens is 300 g/mol. The third-order valence-corrected chi connectivity index (χ3v) is 4.58. The third-order valence-electron chi connectivity index (χ3n) is 3.08. The van der Waals surface area contributed by atoms with Gasteiger partial charge in [-0.2, -0.15) is 0 Å². The van der Waals surface area contributed by atoms with Crippen molar-refractivity contribution in [3.8, 4) is 0 Å². The maximum absolute atomic E-state index is 11.9. The van der Waals surface area contributed by atoms with Gasteiger partial charge in [-0.25, -0.2) is 8.42 Å². The minimum Gasteiger partial charge on any atom is -0.354 e. The van der Waals surface area contributed by atoms with E-state index in [9.17, 15) is 13.2 Å². The molecule has 2 rings (SSSR count). The van der Waals surface area contributed by atoms with Crippen molar-refractivity contribution in [2.45, 2.75) is 12.8 Å². The van der Waals surface area contributed by atoms with E-state index in [1.165, 1.54) is 4.31 Å². The number of para-hydroxylation sites is 1. The van der Waals surface area contributed by atoms with Gasteiger partial charge in [-0.05, 0) is 25.0 Å². The summed E-state index contributed by atoms with van der Waals surface area (Å²) in [4.78, 5) is 11.5. The number of rotatable bonds is 6. The number of carbonyl (C=O) groups is 1. The lowest BCUT2D eigenvalue weighted by molar-refractivity contribution is -0.122. The lowest BCUT2D eigenvalue weighted by Gasteiger charge is -2.23. The van der Waals surface area contributed by atoms with Crippen LogP contribution in [0.15, 0.2) is 24.3 Å². The van der Waals surface area contributed by atoms with Crippen LogP contribution in [0.25, 0.3) is 0 Å². The summed E-state index contributed by atoms with van der Waals surface area (Å²) in [6.45, 7) is 0.439. The number of nitrogens with zero attached hydrogens (tertiary/aromatic N) is 1. The van der Waals surface area contributed by atoms with Crippen molar-refractivity contribution >= 4 is 33.2 Å². The highest BCUT2D eigenvalue weighted by atomic mass is 35.5. The zero-order valence-electron chi connectivity index (χ0n) is 11.2. The van der Waals surface area contributed by atoms with Crippen molar-refractivity contribution in [2.24, 2.45) is 5.92 Å². The number of benzene rings is 1. The van der Waals surface area contributed by atoms with Crippen LogP contribution in [0.2, 0.25) is 5.02 Å². The monoisotopic (exact) mass is 316 g/mol. The molecule has 1 N–H and O–H groups in total. The molecule has 110 valence electrons. The number of sulfonamides is 1. The first kappa shape index (κ1) is 15.1. The molecule has 0 radical (unpaired) electrons. The number of amides is 1. The topological polar surface area (TPSA) is 66.5 Å². The lowest BCUT2D eigenvalue weighted by Crippen LogP contribution is -2.38. The fraction of sp³-hybridized carbons (Fsp3) is 0.462. The van der Waals surface area contributed by atoms with Gasteiger partial charge in [0.05, 0.1) is 23.5 Å². The molecule has 0 aliphatic heterocycles. The summed E-state index contributed by atoms with van der Waals surface area (Å²) in [6.07, 6.45) is 2.97. The summed E-state index contributed by atoms with van der Waals surface area (Å²) >= 11 is 6.03. The van der Waals surface area contributed by atoms with Gasteiger partial charge in [-0.3, -0.25) is 9.10 Å². The van der Waals surface area contributed by atoms with E-state index in [-0.39, 0.29) is 24.9 Å². The van der Waals surface area contributed by atoms with E-state index < -0.39 is 10.0 Å². The first-order chi connectivity index (χ1) is 9.39. The highest BCUT2D eigenvalue weighted by Crippen LogP contribution is 2.29. The Morgan fingerprint density at radius 1 is 1.40 bits per heavy atom. The molecule has 0 heterocycles. The zero-order valence-corrected chi connectivity index (χ0v) is 12.7. The Kier molecular flexibility index (Phi) is 4.55. The minimum atomic E-state index is -3.45. The Bertz CT molecular complexity index is 599. The second kappa shape index (κ2) is 6.01. The van der Waals surface area contributed by atoms with Crippen LogP contribution in [0, 0.1) is 5.92 Å². The maximum Gasteiger partial charge on any atom is 0.232 e. The van der Waals surface area contributed by atoms with E-state index in [0.29, 0.717) is 10.7 Å². The number of halogens is 1. The van der Waals surface area contributed by atoms with Crippen molar-refractivity contribution in [1.29, 1.82) is 0 Å². The maximum atomic E-state index is 11.9. The highest BCUT2D eigenvalue weighted by molar-refractivity contribution is 7.92.